The first-order valence-corrected chi connectivity index (χ1v) is 8.15. The average Bonchev–Trinajstić information content (AvgIpc) is 2.96. The van der Waals surface area contributed by atoms with Crippen molar-refractivity contribution in [3.63, 3.8) is 0 Å². The number of hydrogen-bond acceptors (Lipinski definition) is 8. The first kappa shape index (κ1) is 16.2. The van der Waals surface area contributed by atoms with E-state index in [0.29, 0.717) is 12.2 Å². The summed E-state index contributed by atoms with van der Waals surface area (Å²) in [6.07, 6.45) is -0.955. The Bertz CT molecular complexity index is 762. The second kappa shape index (κ2) is 4.89. The van der Waals surface area contributed by atoms with Crippen molar-refractivity contribution in [3.8, 4) is 0 Å². The lowest BCUT2D eigenvalue weighted by molar-refractivity contribution is -0.145. The van der Waals surface area contributed by atoms with E-state index in [4.69, 9.17) is 20.6 Å². The van der Waals surface area contributed by atoms with Crippen LogP contribution in [0.15, 0.2) is 11.3 Å². The van der Waals surface area contributed by atoms with E-state index in [2.05, 4.69) is 4.90 Å². The fourth-order valence-corrected chi connectivity index (χ4v) is 4.82. The van der Waals surface area contributed by atoms with Crippen LogP contribution in [0.2, 0.25) is 0 Å². The van der Waals surface area contributed by atoms with Crippen LogP contribution in [0.4, 0.5) is 4.79 Å². The van der Waals surface area contributed by atoms with Crippen LogP contribution >= 0.6 is 0 Å². The van der Waals surface area contributed by atoms with Gasteiger partial charge in [-0.05, 0) is 14.0 Å². The van der Waals surface area contributed by atoms with E-state index in [1.807, 2.05) is 11.9 Å². The normalized spacial score (nSPS) is 41.6. The number of carbonyl (C=O) groups is 3. The number of allylic oxidation sites excluding steroid dienone is 1. The van der Waals surface area contributed by atoms with Gasteiger partial charge in [-0.1, -0.05) is 0 Å². The van der Waals surface area contributed by atoms with E-state index in [1.54, 1.807) is 6.92 Å². The highest BCUT2D eigenvalue weighted by Crippen LogP contribution is 2.58. The lowest BCUT2D eigenvalue weighted by Crippen LogP contribution is -2.55. The molecule has 1 amide bonds. The highest BCUT2D eigenvalue weighted by molar-refractivity contribution is 6.52. The zero-order valence-electron chi connectivity index (χ0n) is 14.2. The number of methoxy groups -OCH3 is 1. The molecule has 9 heteroatoms. The zero-order valence-corrected chi connectivity index (χ0v) is 14.2. The third-order valence-electron chi connectivity index (χ3n) is 6.09. The van der Waals surface area contributed by atoms with Crippen molar-refractivity contribution in [1.29, 1.82) is 5.41 Å². The molecule has 2 fully saturated rings. The summed E-state index contributed by atoms with van der Waals surface area (Å²) in [6.45, 7) is 1.95. The van der Waals surface area contributed by atoms with E-state index in [1.165, 1.54) is 7.11 Å². The van der Waals surface area contributed by atoms with Gasteiger partial charge in [0.1, 0.15) is 6.61 Å². The van der Waals surface area contributed by atoms with E-state index in [0.717, 1.165) is 0 Å². The van der Waals surface area contributed by atoms with Gasteiger partial charge >= 0.3 is 6.09 Å². The molecule has 6 atom stereocenters. The predicted octanol–water partition coefficient (Wildman–Crippen LogP) is -0.886. The Kier molecular flexibility index (Phi) is 3.17. The quantitative estimate of drug-likeness (QED) is 0.634. The first-order valence-electron chi connectivity index (χ1n) is 8.15. The Morgan fingerprint density at radius 3 is 2.72 bits per heavy atom. The average molecular weight is 348 g/mol. The van der Waals surface area contributed by atoms with Gasteiger partial charge in [-0.15, -0.1) is 0 Å². The Balaban J connectivity index is 1.86. The molecule has 25 heavy (non-hydrogen) atoms. The molecule has 3 N–H and O–H groups in total. The first-order chi connectivity index (χ1) is 11.8. The predicted molar refractivity (Wildman–Crippen MR) is 84.7 cm³/mol. The largest absolute Gasteiger partial charge is 0.449 e. The molecule has 3 aliphatic heterocycles. The van der Waals surface area contributed by atoms with Gasteiger partial charge in [0.15, 0.2) is 11.5 Å². The van der Waals surface area contributed by atoms with Crippen LogP contribution in [0.25, 0.3) is 0 Å². The lowest BCUT2D eigenvalue weighted by Gasteiger charge is -2.40. The molecular formula is C16H20N4O5. The highest BCUT2D eigenvalue weighted by atomic mass is 16.6. The molecular weight excluding hydrogens is 328 g/mol. The van der Waals surface area contributed by atoms with Crippen LogP contribution in [0, 0.1) is 17.2 Å². The molecule has 0 aromatic heterocycles. The van der Waals surface area contributed by atoms with Gasteiger partial charge in [-0.25, -0.2) is 4.79 Å². The smallest absolute Gasteiger partial charge is 0.404 e. The van der Waals surface area contributed by atoms with Crippen molar-refractivity contribution < 1.29 is 23.9 Å². The number of carbonyl (C=O) groups excluding carboxylic acids is 3. The molecule has 0 bridgehead atoms. The minimum Gasteiger partial charge on any atom is -0.449 e. The zero-order chi connectivity index (χ0) is 18.3. The number of Topliss-reactive ketones (excluding diaryl/α,β-unsaturated/α-hetero) is 2. The molecule has 0 saturated carbocycles. The van der Waals surface area contributed by atoms with Crippen LogP contribution in [0.1, 0.15) is 6.92 Å². The molecule has 4 aliphatic rings. The molecule has 2 saturated heterocycles. The Morgan fingerprint density at radius 1 is 1.44 bits per heavy atom. The topological polar surface area (TPSA) is 126 Å². The van der Waals surface area contributed by atoms with Crippen molar-refractivity contribution in [2.45, 2.75) is 24.7 Å². The molecule has 0 aromatic carbocycles. The van der Waals surface area contributed by atoms with Gasteiger partial charge in [0.25, 0.3) is 0 Å². The van der Waals surface area contributed by atoms with Gasteiger partial charge in [-0.3, -0.25) is 14.5 Å². The van der Waals surface area contributed by atoms with Gasteiger partial charge in [0.2, 0.25) is 5.78 Å². The number of piperazine rings is 1. The van der Waals surface area contributed by atoms with E-state index in [9.17, 15) is 14.4 Å². The molecule has 0 aromatic rings. The molecule has 6 unspecified atom stereocenters. The van der Waals surface area contributed by atoms with Crippen molar-refractivity contribution >= 4 is 23.4 Å². The lowest BCUT2D eigenvalue weighted by atomic mass is 9.79. The maximum atomic E-state index is 12.9. The van der Waals surface area contributed by atoms with Gasteiger partial charge < -0.3 is 25.5 Å². The van der Waals surface area contributed by atoms with Crippen molar-refractivity contribution in [1.82, 2.24) is 9.80 Å². The Labute approximate surface area is 144 Å². The molecule has 1 aliphatic carbocycles. The number of primary amides is 1. The number of ketones is 2. The molecule has 0 spiro atoms. The summed E-state index contributed by atoms with van der Waals surface area (Å²) in [5.74, 6) is -2.19. The van der Waals surface area contributed by atoms with E-state index < -0.39 is 29.4 Å². The third kappa shape index (κ3) is 1.74. The van der Waals surface area contributed by atoms with E-state index >= 15 is 0 Å². The van der Waals surface area contributed by atoms with Crippen LogP contribution in [0.3, 0.4) is 0 Å². The summed E-state index contributed by atoms with van der Waals surface area (Å²) in [6, 6.07) is 0.194. The number of likely N-dealkylation sites (N-methyl/N-ethyl adjacent to an activating group) is 1. The standard InChI is InChI=1S/C16H20N4O5/c1-6-10(17)13(22)9-7(5-25-15(18)23)16(24-3)14-8(19(14)2)4-20(16)11(9)12(6)21/h6-8,14,17H,4-5H2,1-3H3,(H2,18,23). The van der Waals surface area contributed by atoms with Crippen molar-refractivity contribution in [2.75, 3.05) is 27.3 Å². The summed E-state index contributed by atoms with van der Waals surface area (Å²) < 4.78 is 10.9. The summed E-state index contributed by atoms with van der Waals surface area (Å²) in [4.78, 5) is 40.8. The second-order valence-electron chi connectivity index (χ2n) is 7.02. The molecule has 0 radical (unpaired) electrons. The number of nitrogens with one attached hydrogen (secondary N) is 1. The second-order valence-corrected chi connectivity index (χ2v) is 7.02. The van der Waals surface area contributed by atoms with Gasteiger partial charge in [0, 0.05) is 25.3 Å². The van der Waals surface area contributed by atoms with E-state index in [-0.39, 0.29) is 35.8 Å². The number of rotatable bonds is 3. The number of ether oxygens (including phenoxy) is 2. The van der Waals surface area contributed by atoms with Crippen molar-refractivity contribution in [3.05, 3.63) is 11.3 Å². The maximum Gasteiger partial charge on any atom is 0.404 e. The maximum absolute atomic E-state index is 12.9. The fourth-order valence-electron chi connectivity index (χ4n) is 4.82. The Morgan fingerprint density at radius 2 is 2.12 bits per heavy atom. The van der Waals surface area contributed by atoms with Gasteiger partial charge in [-0.2, -0.15) is 0 Å². The minimum atomic E-state index is -0.963. The number of nitrogens with two attached hydrogens (primary N) is 1. The molecule has 3 heterocycles. The minimum absolute atomic E-state index is 0.0188. The SMILES string of the molecule is COC12C(COC(N)=O)C3=C(C(=O)C(C)C(=N)C3=O)N1CC1C2N1C. The summed E-state index contributed by atoms with van der Waals surface area (Å²) in [7, 11) is 3.48. The number of hydrogen-bond donors (Lipinski definition) is 2. The molecule has 9 nitrogen and oxygen atoms in total. The van der Waals surface area contributed by atoms with Gasteiger partial charge in [0.05, 0.1) is 29.3 Å². The summed E-state index contributed by atoms with van der Waals surface area (Å²) in [5, 5.41) is 8.01. The highest BCUT2D eigenvalue weighted by Gasteiger charge is 2.75. The van der Waals surface area contributed by atoms with Crippen molar-refractivity contribution in [2.24, 2.45) is 17.6 Å². The van der Waals surface area contributed by atoms with Crippen LogP contribution in [-0.2, 0) is 19.1 Å². The fraction of sp³-hybridized carbons (Fsp3) is 0.625. The number of amides is 1. The summed E-state index contributed by atoms with van der Waals surface area (Å²) >= 11 is 0. The number of fused-ring (bicyclic) bond motifs is 4. The van der Waals surface area contributed by atoms with Crippen LogP contribution in [-0.4, -0.2) is 78.3 Å². The Hall–Kier alpha value is -2.26. The van der Waals surface area contributed by atoms with Crippen LogP contribution in [0.5, 0.6) is 0 Å². The summed E-state index contributed by atoms with van der Waals surface area (Å²) in [5.41, 5.74) is 4.44. The third-order valence-corrected chi connectivity index (χ3v) is 6.09. The monoisotopic (exact) mass is 348 g/mol. The molecule has 134 valence electrons. The molecule has 4 rings (SSSR count). The number of nitrogens with zero attached hydrogens (tertiary/aromatic N) is 2. The van der Waals surface area contributed by atoms with Crippen LogP contribution < -0.4 is 5.73 Å².